The van der Waals surface area contributed by atoms with Crippen molar-refractivity contribution in [1.82, 2.24) is 0 Å². The second kappa shape index (κ2) is 3.77. The van der Waals surface area contributed by atoms with Crippen LogP contribution in [0.5, 0.6) is 5.75 Å². The lowest BCUT2D eigenvalue weighted by atomic mass is 9.92. The molecule has 1 aromatic carbocycles. The lowest BCUT2D eigenvalue weighted by Crippen LogP contribution is -2.44. The molecule has 2 heteroatoms. The second-order valence-electron chi connectivity index (χ2n) is 4.87. The standard InChI is InChI=1S/C14H18O2/c1-11-12-7-3-4-8-13(12)16-14(15-11)9-5-2-6-10-14/h3-4,7-8,11H,2,5-6,9-10H2,1H3/t11-/m1/s1. The van der Waals surface area contributed by atoms with Gasteiger partial charge in [-0.2, -0.15) is 0 Å². The smallest absolute Gasteiger partial charge is 0.211 e. The molecule has 1 fully saturated rings. The topological polar surface area (TPSA) is 18.5 Å². The van der Waals surface area contributed by atoms with E-state index in [0.29, 0.717) is 0 Å². The van der Waals surface area contributed by atoms with Crippen LogP contribution >= 0.6 is 0 Å². The van der Waals surface area contributed by atoms with Gasteiger partial charge >= 0.3 is 0 Å². The molecular formula is C14H18O2. The van der Waals surface area contributed by atoms with Crippen LogP contribution in [0, 0.1) is 0 Å². The van der Waals surface area contributed by atoms with E-state index in [1.807, 2.05) is 12.1 Å². The zero-order valence-corrected chi connectivity index (χ0v) is 9.74. The first-order valence-electron chi connectivity index (χ1n) is 6.25. The van der Waals surface area contributed by atoms with E-state index in [4.69, 9.17) is 9.47 Å². The maximum atomic E-state index is 6.12. The quantitative estimate of drug-likeness (QED) is 0.659. The van der Waals surface area contributed by atoms with E-state index < -0.39 is 0 Å². The van der Waals surface area contributed by atoms with E-state index in [2.05, 4.69) is 19.1 Å². The fourth-order valence-electron chi connectivity index (χ4n) is 2.83. The SMILES string of the molecule is C[C@H]1OC2(CCCCC2)Oc2ccccc21. The Morgan fingerprint density at radius 2 is 1.88 bits per heavy atom. The van der Waals surface area contributed by atoms with E-state index in [9.17, 15) is 0 Å². The molecule has 2 nitrogen and oxygen atoms in total. The third-order valence-electron chi connectivity index (χ3n) is 3.66. The van der Waals surface area contributed by atoms with Gasteiger partial charge in [0.2, 0.25) is 5.79 Å². The van der Waals surface area contributed by atoms with Gasteiger partial charge in [0.15, 0.2) is 0 Å². The van der Waals surface area contributed by atoms with Gasteiger partial charge in [-0.1, -0.05) is 24.6 Å². The van der Waals surface area contributed by atoms with Crippen LogP contribution in [0.25, 0.3) is 0 Å². The molecule has 16 heavy (non-hydrogen) atoms. The van der Waals surface area contributed by atoms with E-state index in [1.165, 1.54) is 24.8 Å². The molecule has 0 radical (unpaired) electrons. The molecule has 0 unspecified atom stereocenters. The highest BCUT2D eigenvalue weighted by Gasteiger charge is 2.41. The van der Waals surface area contributed by atoms with E-state index >= 15 is 0 Å². The molecule has 1 aromatic rings. The largest absolute Gasteiger partial charge is 0.462 e. The molecule has 1 aliphatic carbocycles. The average Bonchev–Trinajstić information content (AvgIpc) is 2.30. The van der Waals surface area contributed by atoms with E-state index in [0.717, 1.165) is 18.6 Å². The fraction of sp³-hybridized carbons (Fsp3) is 0.571. The van der Waals surface area contributed by atoms with Crippen molar-refractivity contribution in [1.29, 1.82) is 0 Å². The molecule has 0 aromatic heterocycles. The van der Waals surface area contributed by atoms with Gasteiger partial charge in [-0.25, -0.2) is 0 Å². The molecule has 0 bridgehead atoms. The molecule has 1 atom stereocenters. The minimum atomic E-state index is -0.327. The summed E-state index contributed by atoms with van der Waals surface area (Å²) >= 11 is 0. The van der Waals surface area contributed by atoms with Crippen molar-refractivity contribution in [2.45, 2.75) is 50.9 Å². The summed E-state index contributed by atoms with van der Waals surface area (Å²) in [5.41, 5.74) is 1.18. The third kappa shape index (κ3) is 1.61. The molecule has 86 valence electrons. The molecule has 1 saturated carbocycles. The zero-order valence-electron chi connectivity index (χ0n) is 9.74. The lowest BCUT2D eigenvalue weighted by Gasteiger charge is -2.43. The summed E-state index contributed by atoms with van der Waals surface area (Å²) in [5, 5.41) is 0. The summed E-state index contributed by atoms with van der Waals surface area (Å²) in [5.74, 6) is 0.689. The Hall–Kier alpha value is -1.02. The van der Waals surface area contributed by atoms with Crippen LogP contribution in [0.3, 0.4) is 0 Å². The van der Waals surface area contributed by atoms with Gasteiger partial charge in [-0.05, 0) is 25.8 Å². The number of fused-ring (bicyclic) bond motifs is 1. The summed E-state index contributed by atoms with van der Waals surface area (Å²) in [4.78, 5) is 0. The predicted octanol–water partition coefficient (Wildman–Crippen LogP) is 3.82. The Labute approximate surface area is 96.6 Å². The maximum absolute atomic E-state index is 6.12. The lowest BCUT2D eigenvalue weighted by molar-refractivity contribution is -0.240. The monoisotopic (exact) mass is 218 g/mol. The zero-order chi connectivity index (χ0) is 11.0. The molecule has 1 heterocycles. The van der Waals surface area contributed by atoms with Crippen LogP contribution in [0.15, 0.2) is 24.3 Å². The van der Waals surface area contributed by atoms with Gasteiger partial charge < -0.3 is 9.47 Å². The highest BCUT2D eigenvalue weighted by Crippen LogP contribution is 2.44. The van der Waals surface area contributed by atoms with Crippen LogP contribution in [0.2, 0.25) is 0 Å². The summed E-state index contributed by atoms with van der Waals surface area (Å²) in [6.07, 6.45) is 5.97. The summed E-state index contributed by atoms with van der Waals surface area (Å²) < 4.78 is 12.2. The Bertz CT molecular complexity index is 380. The first kappa shape index (κ1) is 10.2. The van der Waals surface area contributed by atoms with Gasteiger partial charge in [0.05, 0.1) is 6.10 Å². The third-order valence-corrected chi connectivity index (χ3v) is 3.66. The number of hydrogen-bond donors (Lipinski definition) is 0. The highest BCUT2D eigenvalue weighted by atomic mass is 16.7. The minimum absolute atomic E-state index is 0.156. The first-order chi connectivity index (χ1) is 7.79. The Kier molecular flexibility index (Phi) is 2.40. The Morgan fingerprint density at radius 3 is 2.69 bits per heavy atom. The molecular weight excluding hydrogens is 200 g/mol. The number of benzene rings is 1. The summed E-state index contributed by atoms with van der Waals surface area (Å²) in [7, 11) is 0. The van der Waals surface area contributed by atoms with Crippen LogP contribution in [0.4, 0.5) is 0 Å². The van der Waals surface area contributed by atoms with Gasteiger partial charge in [0.25, 0.3) is 0 Å². The normalized spacial score (nSPS) is 27.2. The number of para-hydroxylation sites is 1. The van der Waals surface area contributed by atoms with Gasteiger partial charge in [-0.3, -0.25) is 0 Å². The van der Waals surface area contributed by atoms with E-state index in [-0.39, 0.29) is 11.9 Å². The van der Waals surface area contributed by atoms with Gasteiger partial charge in [0.1, 0.15) is 5.75 Å². The minimum Gasteiger partial charge on any atom is -0.462 e. The van der Waals surface area contributed by atoms with Crippen molar-refractivity contribution < 1.29 is 9.47 Å². The van der Waals surface area contributed by atoms with Crippen molar-refractivity contribution in [3.63, 3.8) is 0 Å². The summed E-state index contributed by atoms with van der Waals surface area (Å²) in [6.45, 7) is 2.12. The molecule has 0 amide bonds. The second-order valence-corrected chi connectivity index (χ2v) is 4.87. The van der Waals surface area contributed by atoms with Crippen LogP contribution in [0.1, 0.15) is 50.7 Å². The number of hydrogen-bond acceptors (Lipinski definition) is 2. The van der Waals surface area contributed by atoms with Crippen molar-refractivity contribution in [3.05, 3.63) is 29.8 Å². The Balaban J connectivity index is 1.93. The molecule has 1 aliphatic heterocycles. The van der Waals surface area contributed by atoms with Crippen LogP contribution < -0.4 is 4.74 Å². The van der Waals surface area contributed by atoms with Crippen molar-refractivity contribution >= 4 is 0 Å². The molecule has 1 spiro atoms. The number of ether oxygens (including phenoxy) is 2. The average molecular weight is 218 g/mol. The summed E-state index contributed by atoms with van der Waals surface area (Å²) in [6, 6.07) is 8.23. The predicted molar refractivity (Wildman–Crippen MR) is 62.4 cm³/mol. The molecule has 3 rings (SSSR count). The van der Waals surface area contributed by atoms with Crippen molar-refractivity contribution in [3.8, 4) is 5.75 Å². The first-order valence-corrected chi connectivity index (χ1v) is 6.25. The van der Waals surface area contributed by atoms with Crippen molar-refractivity contribution in [2.75, 3.05) is 0 Å². The van der Waals surface area contributed by atoms with Crippen LogP contribution in [-0.4, -0.2) is 5.79 Å². The maximum Gasteiger partial charge on any atom is 0.211 e. The molecule has 2 aliphatic rings. The van der Waals surface area contributed by atoms with Gasteiger partial charge in [-0.15, -0.1) is 0 Å². The van der Waals surface area contributed by atoms with Gasteiger partial charge in [0, 0.05) is 18.4 Å². The van der Waals surface area contributed by atoms with E-state index in [1.54, 1.807) is 0 Å². The van der Waals surface area contributed by atoms with Crippen molar-refractivity contribution in [2.24, 2.45) is 0 Å². The fourth-order valence-corrected chi connectivity index (χ4v) is 2.83. The molecule has 0 saturated heterocycles. The Morgan fingerprint density at radius 1 is 1.12 bits per heavy atom. The number of rotatable bonds is 0. The molecule has 0 N–H and O–H groups in total. The highest BCUT2D eigenvalue weighted by molar-refractivity contribution is 5.36. The van der Waals surface area contributed by atoms with Crippen LogP contribution in [-0.2, 0) is 4.74 Å².